The number of carbonyl (C=O) groups is 2. The highest BCUT2D eigenvalue weighted by Gasteiger charge is 2.24. The molecule has 2 unspecified atom stereocenters. The number of urea groups is 1. The van der Waals surface area contributed by atoms with Crippen molar-refractivity contribution in [3.05, 3.63) is 20.8 Å². The van der Waals surface area contributed by atoms with Crippen molar-refractivity contribution >= 4 is 39.3 Å². The van der Waals surface area contributed by atoms with E-state index in [1.54, 1.807) is 0 Å². The molecule has 0 bridgehead atoms. The predicted molar refractivity (Wildman–Crippen MR) is 70.5 cm³/mol. The van der Waals surface area contributed by atoms with Gasteiger partial charge in [-0.3, -0.25) is 0 Å². The van der Waals surface area contributed by atoms with Crippen LogP contribution in [0.4, 0.5) is 4.79 Å². The van der Waals surface area contributed by atoms with Gasteiger partial charge in [0.15, 0.2) is 6.04 Å². The predicted octanol–water partition coefficient (Wildman–Crippen LogP) is 1.14. The van der Waals surface area contributed by atoms with Gasteiger partial charge in [0.05, 0.1) is 12.6 Å². The lowest BCUT2D eigenvalue weighted by Crippen LogP contribution is -2.50. The fourth-order valence-corrected chi connectivity index (χ4v) is 2.59. The molecule has 0 aliphatic heterocycles. The van der Waals surface area contributed by atoms with Crippen LogP contribution < -0.4 is 10.6 Å². The number of carbonyl (C=O) groups excluding carboxylic acids is 1. The molecule has 6 nitrogen and oxygen atoms in total. The standard InChI is InChI=1S/C10H13BrN2O4S/c1-5(14)8(9(15)16)13-10(17)12-3-7-2-6(11)4-18-7/h2,4-5,8,14H,3H2,1H3,(H,15,16)(H2,12,13,17). The molecular formula is C10H13BrN2O4S. The molecule has 2 atom stereocenters. The first kappa shape index (κ1) is 14.9. The van der Waals surface area contributed by atoms with Crippen molar-refractivity contribution in [2.24, 2.45) is 0 Å². The zero-order valence-electron chi connectivity index (χ0n) is 9.51. The summed E-state index contributed by atoms with van der Waals surface area (Å²) in [4.78, 5) is 23.1. The van der Waals surface area contributed by atoms with E-state index in [0.29, 0.717) is 6.54 Å². The lowest BCUT2D eigenvalue weighted by atomic mass is 10.2. The van der Waals surface area contributed by atoms with E-state index in [4.69, 9.17) is 5.11 Å². The van der Waals surface area contributed by atoms with Gasteiger partial charge in [-0.15, -0.1) is 11.3 Å². The summed E-state index contributed by atoms with van der Waals surface area (Å²) in [5.41, 5.74) is 0. The molecule has 0 spiro atoms. The maximum absolute atomic E-state index is 11.4. The zero-order valence-corrected chi connectivity index (χ0v) is 11.9. The number of carboxylic acid groups (broad SMARTS) is 1. The van der Waals surface area contributed by atoms with Crippen LogP contribution >= 0.6 is 27.3 Å². The molecule has 0 aliphatic rings. The number of aliphatic hydroxyl groups excluding tert-OH is 1. The molecule has 1 heterocycles. The molecular weight excluding hydrogens is 324 g/mol. The second kappa shape index (κ2) is 6.72. The van der Waals surface area contributed by atoms with Crippen LogP contribution in [0.2, 0.25) is 0 Å². The molecule has 0 saturated carbocycles. The highest BCUT2D eigenvalue weighted by molar-refractivity contribution is 9.10. The average Bonchev–Trinajstić information content (AvgIpc) is 2.68. The maximum atomic E-state index is 11.4. The fraction of sp³-hybridized carbons (Fsp3) is 0.400. The van der Waals surface area contributed by atoms with Crippen molar-refractivity contribution < 1.29 is 19.8 Å². The number of hydrogen-bond acceptors (Lipinski definition) is 4. The quantitative estimate of drug-likeness (QED) is 0.648. The number of thiophene rings is 1. The van der Waals surface area contributed by atoms with Crippen LogP contribution in [0.3, 0.4) is 0 Å². The molecule has 4 N–H and O–H groups in total. The first-order valence-electron chi connectivity index (χ1n) is 5.08. The van der Waals surface area contributed by atoms with Crippen LogP contribution in [0.25, 0.3) is 0 Å². The Bertz CT molecular complexity index is 435. The SMILES string of the molecule is CC(O)C(NC(=O)NCc1cc(Br)cs1)C(=O)O. The third-order valence-corrected chi connectivity index (χ3v) is 3.78. The third-order valence-electron chi connectivity index (χ3n) is 2.08. The first-order valence-corrected chi connectivity index (χ1v) is 6.75. The minimum Gasteiger partial charge on any atom is -0.480 e. The number of halogens is 1. The molecule has 1 aromatic rings. The number of aliphatic hydroxyl groups is 1. The van der Waals surface area contributed by atoms with Gasteiger partial charge in [-0.1, -0.05) is 0 Å². The number of rotatable bonds is 5. The van der Waals surface area contributed by atoms with Crippen LogP contribution in [-0.2, 0) is 11.3 Å². The van der Waals surface area contributed by atoms with Gasteiger partial charge in [-0.2, -0.15) is 0 Å². The van der Waals surface area contributed by atoms with E-state index in [0.717, 1.165) is 9.35 Å². The Labute approximate surface area is 116 Å². The van der Waals surface area contributed by atoms with Crippen LogP contribution in [0.15, 0.2) is 15.9 Å². The van der Waals surface area contributed by atoms with Crippen molar-refractivity contribution in [1.29, 1.82) is 0 Å². The van der Waals surface area contributed by atoms with Gasteiger partial charge in [0.1, 0.15) is 0 Å². The second-order valence-electron chi connectivity index (χ2n) is 3.61. The van der Waals surface area contributed by atoms with Gasteiger partial charge < -0.3 is 20.8 Å². The number of amides is 2. The Morgan fingerprint density at radius 3 is 2.67 bits per heavy atom. The molecule has 0 aliphatic carbocycles. The van der Waals surface area contributed by atoms with E-state index < -0.39 is 24.1 Å². The van der Waals surface area contributed by atoms with Gasteiger partial charge in [0.2, 0.25) is 0 Å². The summed E-state index contributed by atoms with van der Waals surface area (Å²) in [6, 6.07) is -0.0956. The molecule has 0 radical (unpaired) electrons. The molecule has 2 amide bonds. The normalized spacial score (nSPS) is 13.7. The fourth-order valence-electron chi connectivity index (χ4n) is 1.19. The van der Waals surface area contributed by atoms with E-state index in [2.05, 4.69) is 26.6 Å². The summed E-state index contributed by atoms with van der Waals surface area (Å²) < 4.78 is 0.928. The van der Waals surface area contributed by atoms with Crippen LogP contribution in [0.1, 0.15) is 11.8 Å². The van der Waals surface area contributed by atoms with Crippen LogP contribution in [0, 0.1) is 0 Å². The van der Waals surface area contributed by atoms with E-state index in [9.17, 15) is 14.7 Å². The Hall–Kier alpha value is -1.12. The third kappa shape index (κ3) is 4.63. The van der Waals surface area contributed by atoms with Gasteiger partial charge in [0.25, 0.3) is 0 Å². The number of carboxylic acids is 1. The topological polar surface area (TPSA) is 98.7 Å². The monoisotopic (exact) mass is 336 g/mol. The lowest BCUT2D eigenvalue weighted by molar-refractivity contribution is -0.141. The van der Waals surface area contributed by atoms with Gasteiger partial charge in [-0.25, -0.2) is 9.59 Å². The Kier molecular flexibility index (Phi) is 5.57. The first-order chi connectivity index (χ1) is 8.40. The van der Waals surface area contributed by atoms with Crippen LogP contribution in [0.5, 0.6) is 0 Å². The molecule has 1 rings (SSSR count). The van der Waals surface area contributed by atoms with Crippen molar-refractivity contribution in [3.8, 4) is 0 Å². The Balaban J connectivity index is 2.43. The smallest absolute Gasteiger partial charge is 0.328 e. The molecule has 1 aromatic heterocycles. The summed E-state index contributed by atoms with van der Waals surface area (Å²) in [6.07, 6.45) is -1.16. The Morgan fingerprint density at radius 2 is 2.22 bits per heavy atom. The van der Waals surface area contributed by atoms with Crippen molar-refractivity contribution in [2.75, 3.05) is 0 Å². The highest BCUT2D eigenvalue weighted by atomic mass is 79.9. The summed E-state index contributed by atoms with van der Waals surface area (Å²) in [7, 11) is 0. The van der Waals surface area contributed by atoms with Gasteiger partial charge >= 0.3 is 12.0 Å². The Morgan fingerprint density at radius 1 is 1.56 bits per heavy atom. The molecule has 0 aromatic carbocycles. The summed E-state index contributed by atoms with van der Waals surface area (Å²) in [5.74, 6) is -1.28. The van der Waals surface area contributed by atoms with Crippen molar-refractivity contribution in [3.63, 3.8) is 0 Å². The number of hydrogen-bond donors (Lipinski definition) is 4. The second-order valence-corrected chi connectivity index (χ2v) is 5.53. The molecule has 8 heteroatoms. The van der Waals surface area contributed by atoms with Crippen LogP contribution in [-0.4, -0.2) is 34.4 Å². The molecule has 18 heavy (non-hydrogen) atoms. The minimum absolute atomic E-state index is 0.300. The van der Waals surface area contributed by atoms with E-state index >= 15 is 0 Å². The van der Waals surface area contributed by atoms with E-state index in [-0.39, 0.29) is 0 Å². The van der Waals surface area contributed by atoms with E-state index in [1.165, 1.54) is 18.3 Å². The molecule has 100 valence electrons. The zero-order chi connectivity index (χ0) is 13.7. The average molecular weight is 337 g/mol. The van der Waals surface area contributed by atoms with E-state index in [1.807, 2.05) is 11.4 Å². The largest absolute Gasteiger partial charge is 0.480 e. The highest BCUT2D eigenvalue weighted by Crippen LogP contribution is 2.19. The van der Waals surface area contributed by atoms with Crippen molar-refractivity contribution in [2.45, 2.75) is 25.6 Å². The van der Waals surface area contributed by atoms with Gasteiger partial charge in [-0.05, 0) is 28.9 Å². The van der Waals surface area contributed by atoms with Crippen molar-refractivity contribution in [1.82, 2.24) is 10.6 Å². The number of nitrogens with one attached hydrogen (secondary N) is 2. The molecule has 0 saturated heterocycles. The summed E-state index contributed by atoms with van der Waals surface area (Å²) in [6.45, 7) is 1.60. The lowest BCUT2D eigenvalue weighted by Gasteiger charge is -2.17. The number of aliphatic carboxylic acids is 1. The summed E-state index contributed by atoms with van der Waals surface area (Å²) >= 11 is 4.76. The molecule has 0 fully saturated rings. The van der Waals surface area contributed by atoms with Gasteiger partial charge in [0, 0.05) is 14.7 Å². The maximum Gasteiger partial charge on any atom is 0.328 e. The minimum atomic E-state index is -1.32. The summed E-state index contributed by atoms with van der Waals surface area (Å²) in [5, 5.41) is 24.6.